The Hall–Kier alpha value is -1.61. The van der Waals surface area contributed by atoms with E-state index in [1.165, 1.54) is 23.2 Å². The fraction of sp³-hybridized carbons (Fsp3) is 0.500. The number of nitrogens with zero attached hydrogens (tertiary/aromatic N) is 1. The van der Waals surface area contributed by atoms with Gasteiger partial charge >= 0.3 is 0 Å². The average Bonchev–Trinajstić information content (AvgIpc) is 2.82. The van der Waals surface area contributed by atoms with Gasteiger partial charge in [0, 0.05) is 11.7 Å². The van der Waals surface area contributed by atoms with Crippen LogP contribution in [0.1, 0.15) is 42.3 Å². The van der Waals surface area contributed by atoms with E-state index < -0.39 is 0 Å². The van der Waals surface area contributed by atoms with Crippen molar-refractivity contribution in [2.24, 2.45) is 0 Å². The number of hydrogen-bond donors (Lipinski definition) is 2. The van der Waals surface area contributed by atoms with Gasteiger partial charge in [0.05, 0.1) is 5.69 Å². The van der Waals surface area contributed by atoms with Crippen LogP contribution in [-0.4, -0.2) is 22.8 Å². The number of nitrogens with one attached hydrogen (secondary N) is 2. The summed E-state index contributed by atoms with van der Waals surface area (Å²) in [7, 11) is 0. The Labute approximate surface area is 128 Å². The molecule has 0 unspecified atom stereocenters. The molecule has 2 rings (SSSR count). The number of H-pyrrole nitrogens is 1. The number of rotatable bonds is 8. The van der Waals surface area contributed by atoms with E-state index in [0.717, 1.165) is 31.5 Å². The molecule has 0 saturated heterocycles. The summed E-state index contributed by atoms with van der Waals surface area (Å²) in [5, 5.41) is 10.9. The van der Waals surface area contributed by atoms with Crippen LogP contribution in [0, 0.1) is 13.8 Å². The second-order valence-electron chi connectivity index (χ2n) is 5.90. The monoisotopic (exact) mass is 285 g/mol. The molecule has 1 atom stereocenters. The number of aromatic amines is 1. The third-order valence-electron chi connectivity index (χ3n) is 4.09. The number of aromatic nitrogens is 2. The van der Waals surface area contributed by atoms with E-state index in [4.69, 9.17) is 0 Å². The minimum absolute atomic E-state index is 0.566. The molecule has 0 aliphatic rings. The van der Waals surface area contributed by atoms with E-state index in [1.807, 2.05) is 0 Å². The van der Waals surface area contributed by atoms with Gasteiger partial charge in [-0.2, -0.15) is 5.10 Å². The SMILES string of the molecule is Cc1n[nH]c(C)c1CCCN[C@@H](C)CCc1ccccc1. The van der Waals surface area contributed by atoms with E-state index in [2.05, 4.69) is 66.6 Å². The van der Waals surface area contributed by atoms with Gasteiger partial charge in [-0.3, -0.25) is 5.10 Å². The maximum atomic E-state index is 4.25. The predicted octanol–water partition coefficient (Wildman–Crippen LogP) is 3.57. The summed E-state index contributed by atoms with van der Waals surface area (Å²) in [5.41, 5.74) is 5.17. The third-order valence-corrected chi connectivity index (χ3v) is 4.09. The van der Waals surface area contributed by atoms with Crippen molar-refractivity contribution in [3.8, 4) is 0 Å². The average molecular weight is 285 g/mol. The van der Waals surface area contributed by atoms with Gasteiger partial charge < -0.3 is 5.32 Å². The maximum Gasteiger partial charge on any atom is 0.0625 e. The van der Waals surface area contributed by atoms with Crippen molar-refractivity contribution in [3.05, 3.63) is 52.8 Å². The minimum Gasteiger partial charge on any atom is -0.314 e. The van der Waals surface area contributed by atoms with Crippen LogP contribution >= 0.6 is 0 Å². The molecule has 0 saturated carbocycles. The quantitative estimate of drug-likeness (QED) is 0.728. The zero-order chi connectivity index (χ0) is 15.1. The highest BCUT2D eigenvalue weighted by atomic mass is 15.1. The zero-order valence-corrected chi connectivity index (χ0v) is 13.4. The summed E-state index contributed by atoms with van der Waals surface area (Å²) >= 11 is 0. The van der Waals surface area contributed by atoms with Crippen LogP contribution in [-0.2, 0) is 12.8 Å². The molecule has 0 aliphatic carbocycles. The Morgan fingerprint density at radius 2 is 1.90 bits per heavy atom. The Morgan fingerprint density at radius 3 is 2.57 bits per heavy atom. The molecular formula is C18H27N3. The summed E-state index contributed by atoms with van der Waals surface area (Å²) in [6.45, 7) is 7.53. The highest BCUT2D eigenvalue weighted by Gasteiger charge is 2.06. The van der Waals surface area contributed by atoms with E-state index in [1.54, 1.807) is 0 Å². The van der Waals surface area contributed by atoms with Crippen molar-refractivity contribution < 1.29 is 0 Å². The maximum absolute atomic E-state index is 4.25. The van der Waals surface area contributed by atoms with E-state index in [-0.39, 0.29) is 0 Å². The Bertz CT molecular complexity index is 511. The second kappa shape index (κ2) is 7.99. The highest BCUT2D eigenvalue weighted by molar-refractivity contribution is 5.23. The third kappa shape index (κ3) is 5.01. The molecule has 0 radical (unpaired) electrons. The van der Waals surface area contributed by atoms with Gasteiger partial charge in [-0.25, -0.2) is 0 Å². The Balaban J connectivity index is 1.62. The molecule has 114 valence electrons. The first-order valence-electron chi connectivity index (χ1n) is 7.94. The van der Waals surface area contributed by atoms with Crippen molar-refractivity contribution in [2.75, 3.05) is 6.54 Å². The van der Waals surface area contributed by atoms with Crippen molar-refractivity contribution in [1.29, 1.82) is 0 Å². The van der Waals surface area contributed by atoms with Crippen molar-refractivity contribution >= 4 is 0 Å². The Morgan fingerprint density at radius 1 is 1.14 bits per heavy atom. The molecule has 0 bridgehead atoms. The number of hydrogen-bond acceptors (Lipinski definition) is 2. The number of benzene rings is 1. The van der Waals surface area contributed by atoms with E-state index >= 15 is 0 Å². The number of aryl methyl sites for hydroxylation is 3. The molecule has 2 aromatic rings. The summed E-state index contributed by atoms with van der Waals surface area (Å²) < 4.78 is 0. The lowest BCUT2D eigenvalue weighted by atomic mass is 10.1. The molecule has 21 heavy (non-hydrogen) atoms. The lowest BCUT2D eigenvalue weighted by Gasteiger charge is -2.13. The van der Waals surface area contributed by atoms with Crippen LogP contribution in [0.25, 0.3) is 0 Å². The molecule has 0 spiro atoms. The molecular weight excluding hydrogens is 258 g/mol. The summed E-state index contributed by atoms with van der Waals surface area (Å²) in [5.74, 6) is 0. The standard InChI is InChI=1S/C18H27N3/c1-14(11-12-17-8-5-4-6-9-17)19-13-7-10-18-15(2)20-21-16(18)3/h4-6,8-9,14,19H,7,10-13H2,1-3H3,(H,20,21)/t14-/m0/s1. The summed E-state index contributed by atoms with van der Waals surface area (Å²) in [6, 6.07) is 11.3. The van der Waals surface area contributed by atoms with Crippen LogP contribution in [0.3, 0.4) is 0 Å². The van der Waals surface area contributed by atoms with Crippen LogP contribution in [0.4, 0.5) is 0 Å². The molecule has 1 aromatic carbocycles. The van der Waals surface area contributed by atoms with Crippen molar-refractivity contribution in [1.82, 2.24) is 15.5 Å². The first kappa shape index (κ1) is 15.8. The molecule has 0 aliphatic heterocycles. The van der Waals surface area contributed by atoms with Gasteiger partial charge in [-0.05, 0) is 64.1 Å². The largest absolute Gasteiger partial charge is 0.314 e. The topological polar surface area (TPSA) is 40.7 Å². The van der Waals surface area contributed by atoms with E-state index in [9.17, 15) is 0 Å². The van der Waals surface area contributed by atoms with Crippen molar-refractivity contribution in [2.45, 2.75) is 52.5 Å². The fourth-order valence-corrected chi connectivity index (χ4v) is 2.69. The fourth-order valence-electron chi connectivity index (χ4n) is 2.69. The minimum atomic E-state index is 0.566. The van der Waals surface area contributed by atoms with Gasteiger partial charge in [-0.1, -0.05) is 30.3 Å². The molecule has 3 heteroatoms. The van der Waals surface area contributed by atoms with Crippen LogP contribution in [0.5, 0.6) is 0 Å². The Kier molecular flexibility index (Phi) is 6.00. The lowest BCUT2D eigenvalue weighted by molar-refractivity contribution is 0.506. The molecule has 1 heterocycles. The molecule has 0 amide bonds. The van der Waals surface area contributed by atoms with E-state index in [0.29, 0.717) is 6.04 Å². The molecule has 1 aromatic heterocycles. The first-order chi connectivity index (χ1) is 10.2. The highest BCUT2D eigenvalue weighted by Crippen LogP contribution is 2.11. The second-order valence-corrected chi connectivity index (χ2v) is 5.90. The van der Waals surface area contributed by atoms with Crippen molar-refractivity contribution in [3.63, 3.8) is 0 Å². The summed E-state index contributed by atoms with van der Waals surface area (Å²) in [4.78, 5) is 0. The molecule has 2 N–H and O–H groups in total. The van der Waals surface area contributed by atoms with Crippen LogP contribution in [0.15, 0.2) is 30.3 Å². The predicted molar refractivity (Wildman–Crippen MR) is 88.6 cm³/mol. The molecule has 3 nitrogen and oxygen atoms in total. The zero-order valence-electron chi connectivity index (χ0n) is 13.4. The van der Waals surface area contributed by atoms with Crippen LogP contribution < -0.4 is 5.32 Å². The first-order valence-corrected chi connectivity index (χ1v) is 7.94. The van der Waals surface area contributed by atoms with Gasteiger partial charge in [0.2, 0.25) is 0 Å². The van der Waals surface area contributed by atoms with Gasteiger partial charge in [0.1, 0.15) is 0 Å². The van der Waals surface area contributed by atoms with Crippen LogP contribution in [0.2, 0.25) is 0 Å². The molecule has 0 fully saturated rings. The lowest BCUT2D eigenvalue weighted by Crippen LogP contribution is -2.27. The normalized spacial score (nSPS) is 12.5. The van der Waals surface area contributed by atoms with Gasteiger partial charge in [0.25, 0.3) is 0 Å². The van der Waals surface area contributed by atoms with Gasteiger partial charge in [0.15, 0.2) is 0 Å². The smallest absolute Gasteiger partial charge is 0.0625 e. The van der Waals surface area contributed by atoms with Gasteiger partial charge in [-0.15, -0.1) is 0 Å². The summed E-state index contributed by atoms with van der Waals surface area (Å²) in [6.07, 6.45) is 4.60.